The number of para-hydroxylation sites is 1. The normalized spacial score (nSPS) is 12.9. The summed E-state index contributed by atoms with van der Waals surface area (Å²) in [6, 6.07) is 77.0. The largest absolute Gasteiger partial charge is 0.456 e. The predicted molar refractivity (Wildman–Crippen MR) is 229 cm³/mol. The Kier molecular flexibility index (Phi) is 7.11. The van der Waals surface area contributed by atoms with Gasteiger partial charge >= 0.3 is 0 Å². The first-order valence-corrected chi connectivity index (χ1v) is 18.9. The Morgan fingerprint density at radius 2 is 0.964 bits per heavy atom. The lowest BCUT2D eigenvalue weighted by molar-refractivity contribution is 0.648. The minimum absolute atomic E-state index is 0.718. The van der Waals surface area contributed by atoms with Gasteiger partial charge in [-0.2, -0.15) is 0 Å². The van der Waals surface area contributed by atoms with Crippen molar-refractivity contribution in [1.82, 2.24) is 0 Å². The van der Waals surface area contributed by atoms with E-state index in [1.165, 1.54) is 49.7 Å². The fourth-order valence-electron chi connectivity index (χ4n) is 9.22. The van der Waals surface area contributed by atoms with Crippen LogP contribution in [0.15, 0.2) is 217 Å². The second kappa shape index (κ2) is 12.5. The molecule has 11 rings (SSSR count). The lowest BCUT2D eigenvalue weighted by Crippen LogP contribution is -2.31. The van der Waals surface area contributed by atoms with Crippen LogP contribution in [0.4, 0.5) is 17.1 Å². The number of hydrogen-bond donors (Lipinski definition) is 0. The van der Waals surface area contributed by atoms with Crippen molar-refractivity contribution in [1.29, 1.82) is 0 Å². The van der Waals surface area contributed by atoms with Crippen LogP contribution in [0.1, 0.15) is 22.3 Å². The van der Waals surface area contributed by atoms with Crippen molar-refractivity contribution in [3.05, 3.63) is 235 Å². The molecule has 0 spiro atoms. The smallest absolute Gasteiger partial charge is 0.142 e. The van der Waals surface area contributed by atoms with Gasteiger partial charge < -0.3 is 9.32 Å². The summed E-state index contributed by atoms with van der Waals surface area (Å²) in [6.45, 7) is 0. The third kappa shape index (κ3) is 4.68. The maximum Gasteiger partial charge on any atom is 0.142 e. The van der Waals surface area contributed by atoms with Crippen molar-refractivity contribution in [3.63, 3.8) is 0 Å². The van der Waals surface area contributed by atoms with E-state index in [4.69, 9.17) is 4.42 Å². The minimum Gasteiger partial charge on any atom is -0.456 e. The van der Waals surface area contributed by atoms with Crippen molar-refractivity contribution >= 4 is 49.8 Å². The van der Waals surface area contributed by atoms with E-state index in [0.29, 0.717) is 0 Å². The fraction of sp³-hybridized carbons (Fsp3) is 0.0189. The molecule has 0 unspecified atom stereocenters. The number of hydrogen-bond acceptors (Lipinski definition) is 2. The number of anilines is 3. The summed E-state index contributed by atoms with van der Waals surface area (Å²) in [5.41, 5.74) is 13.9. The number of benzene rings is 9. The molecule has 10 aromatic rings. The molecular formula is C53H35NO. The fourth-order valence-corrected chi connectivity index (χ4v) is 9.22. The topological polar surface area (TPSA) is 16.4 Å². The average molecular weight is 702 g/mol. The van der Waals surface area contributed by atoms with Crippen LogP contribution >= 0.6 is 0 Å². The van der Waals surface area contributed by atoms with E-state index in [9.17, 15) is 0 Å². The van der Waals surface area contributed by atoms with Gasteiger partial charge in [0.1, 0.15) is 11.2 Å². The Bertz CT molecular complexity index is 2980. The first kappa shape index (κ1) is 31.4. The molecule has 0 amide bonds. The van der Waals surface area contributed by atoms with Crippen LogP contribution in [0.2, 0.25) is 0 Å². The lowest BCUT2D eigenvalue weighted by atomic mass is 9.66. The second-order valence-corrected chi connectivity index (χ2v) is 14.4. The van der Waals surface area contributed by atoms with E-state index < -0.39 is 5.41 Å². The van der Waals surface area contributed by atoms with Gasteiger partial charge in [-0.1, -0.05) is 176 Å². The molecule has 55 heavy (non-hydrogen) atoms. The minimum atomic E-state index is -0.718. The number of fused-ring (bicyclic) bond motifs is 7. The maximum absolute atomic E-state index is 7.17. The SMILES string of the molecule is c1ccc(-c2ccc(N(c3ccc4c(oc5ccccc54)c3C3(c4ccccc4)c4ccccc4-c4ccccc43)c3cccc4ccccc34)cc2)cc1. The summed E-state index contributed by atoms with van der Waals surface area (Å²) in [5.74, 6) is 0. The van der Waals surface area contributed by atoms with Crippen molar-refractivity contribution in [2.24, 2.45) is 0 Å². The highest BCUT2D eigenvalue weighted by atomic mass is 16.3. The molecule has 1 aliphatic carbocycles. The Morgan fingerprint density at radius 3 is 1.71 bits per heavy atom. The van der Waals surface area contributed by atoms with Gasteiger partial charge in [0.15, 0.2) is 0 Å². The van der Waals surface area contributed by atoms with Gasteiger partial charge in [-0.05, 0) is 80.7 Å². The molecule has 0 fully saturated rings. The molecule has 0 saturated carbocycles. The van der Waals surface area contributed by atoms with Gasteiger partial charge in [0.2, 0.25) is 0 Å². The summed E-state index contributed by atoms with van der Waals surface area (Å²) < 4.78 is 7.17. The zero-order valence-electron chi connectivity index (χ0n) is 30.1. The van der Waals surface area contributed by atoms with Gasteiger partial charge in [0.25, 0.3) is 0 Å². The quantitative estimate of drug-likeness (QED) is 0.172. The van der Waals surface area contributed by atoms with Crippen LogP contribution in [0.5, 0.6) is 0 Å². The zero-order valence-corrected chi connectivity index (χ0v) is 30.1. The second-order valence-electron chi connectivity index (χ2n) is 14.4. The molecule has 2 heteroatoms. The summed E-state index contributed by atoms with van der Waals surface area (Å²) in [5, 5.41) is 4.57. The Hall–Kier alpha value is -7.16. The lowest BCUT2D eigenvalue weighted by Gasteiger charge is -2.38. The monoisotopic (exact) mass is 701 g/mol. The molecule has 0 aliphatic heterocycles. The van der Waals surface area contributed by atoms with Crippen molar-refractivity contribution in [3.8, 4) is 22.3 Å². The average Bonchev–Trinajstić information content (AvgIpc) is 3.79. The van der Waals surface area contributed by atoms with E-state index in [1.54, 1.807) is 0 Å². The molecule has 9 aromatic carbocycles. The molecule has 2 nitrogen and oxygen atoms in total. The summed E-state index contributed by atoms with van der Waals surface area (Å²) in [6.07, 6.45) is 0. The third-order valence-electron chi connectivity index (χ3n) is 11.5. The molecule has 258 valence electrons. The highest BCUT2D eigenvalue weighted by Crippen LogP contribution is 2.61. The van der Waals surface area contributed by atoms with Crippen molar-refractivity contribution < 1.29 is 4.42 Å². The highest BCUT2D eigenvalue weighted by molar-refractivity contribution is 6.10. The van der Waals surface area contributed by atoms with E-state index in [1.807, 2.05) is 0 Å². The van der Waals surface area contributed by atoms with Crippen LogP contribution < -0.4 is 4.90 Å². The number of rotatable bonds is 6. The van der Waals surface area contributed by atoms with Crippen LogP contribution in [0.3, 0.4) is 0 Å². The van der Waals surface area contributed by atoms with Gasteiger partial charge in [-0.25, -0.2) is 0 Å². The van der Waals surface area contributed by atoms with Gasteiger partial charge in [0.05, 0.1) is 16.8 Å². The van der Waals surface area contributed by atoms with E-state index in [-0.39, 0.29) is 0 Å². The van der Waals surface area contributed by atoms with E-state index in [2.05, 4.69) is 217 Å². The van der Waals surface area contributed by atoms with Crippen molar-refractivity contribution in [2.45, 2.75) is 5.41 Å². The molecular weight excluding hydrogens is 667 g/mol. The zero-order chi connectivity index (χ0) is 36.3. The molecule has 0 bridgehead atoms. The Morgan fingerprint density at radius 1 is 0.382 bits per heavy atom. The van der Waals surface area contributed by atoms with E-state index in [0.717, 1.165) is 44.6 Å². The summed E-state index contributed by atoms with van der Waals surface area (Å²) in [4.78, 5) is 2.47. The standard InChI is InChI=1S/C53H35NO/c1-3-16-36(17-4-1)37-30-32-40(33-31-37)54(48-28-15-19-38-18-7-8-22-41(38)48)49-35-34-45-44-25-11-14-29-50(44)55-52(45)51(49)53(39-20-5-2-6-21-39)46-26-12-9-23-42(46)43-24-10-13-27-47(43)53/h1-35H. The Balaban J connectivity index is 1.32. The highest BCUT2D eigenvalue weighted by Gasteiger charge is 2.49. The molecule has 0 N–H and O–H groups in total. The van der Waals surface area contributed by atoms with Crippen molar-refractivity contribution in [2.75, 3.05) is 4.90 Å². The first-order chi connectivity index (χ1) is 27.3. The molecule has 0 saturated heterocycles. The van der Waals surface area contributed by atoms with E-state index >= 15 is 0 Å². The summed E-state index contributed by atoms with van der Waals surface area (Å²) >= 11 is 0. The summed E-state index contributed by atoms with van der Waals surface area (Å²) in [7, 11) is 0. The first-order valence-electron chi connectivity index (χ1n) is 18.9. The van der Waals surface area contributed by atoms with Gasteiger partial charge in [0, 0.05) is 27.4 Å². The van der Waals surface area contributed by atoms with Gasteiger partial charge in [-0.3, -0.25) is 0 Å². The van der Waals surface area contributed by atoms with Gasteiger partial charge in [-0.15, -0.1) is 0 Å². The number of furan rings is 1. The Labute approximate surface area is 320 Å². The molecule has 1 heterocycles. The molecule has 0 atom stereocenters. The van der Waals surface area contributed by atoms with Crippen LogP contribution in [-0.4, -0.2) is 0 Å². The molecule has 1 aromatic heterocycles. The third-order valence-corrected chi connectivity index (χ3v) is 11.5. The maximum atomic E-state index is 7.17. The number of nitrogens with zero attached hydrogens (tertiary/aromatic N) is 1. The molecule has 1 aliphatic rings. The van der Waals surface area contributed by atoms with Crippen LogP contribution in [0.25, 0.3) is 55.0 Å². The predicted octanol–water partition coefficient (Wildman–Crippen LogP) is 14.2. The van der Waals surface area contributed by atoms with Crippen LogP contribution in [0, 0.1) is 0 Å². The van der Waals surface area contributed by atoms with Crippen LogP contribution in [-0.2, 0) is 5.41 Å². The molecule has 0 radical (unpaired) electrons.